The van der Waals surface area contributed by atoms with E-state index < -0.39 is 0 Å². The fourth-order valence-electron chi connectivity index (χ4n) is 2.85. The van der Waals surface area contributed by atoms with Gasteiger partial charge in [0.1, 0.15) is 11.5 Å². The molecule has 0 saturated carbocycles. The highest BCUT2D eigenvalue weighted by molar-refractivity contribution is 6.30. The van der Waals surface area contributed by atoms with Crippen LogP contribution >= 0.6 is 11.6 Å². The van der Waals surface area contributed by atoms with Crippen molar-refractivity contribution in [2.75, 3.05) is 7.11 Å². The van der Waals surface area contributed by atoms with Gasteiger partial charge >= 0.3 is 0 Å². The van der Waals surface area contributed by atoms with Gasteiger partial charge in [0.15, 0.2) is 0 Å². The summed E-state index contributed by atoms with van der Waals surface area (Å²) in [5.41, 5.74) is 2.86. The van der Waals surface area contributed by atoms with Crippen LogP contribution in [0, 0.1) is 0 Å². The number of hydrogen-bond donors (Lipinski definition) is 2. The number of aromatic hydroxyl groups is 1. The predicted octanol–water partition coefficient (Wildman–Crippen LogP) is 3.92. The van der Waals surface area contributed by atoms with Gasteiger partial charge in [0.25, 0.3) is 0 Å². The molecule has 0 amide bonds. The quantitative estimate of drug-likeness (QED) is 0.896. The molecule has 120 valence electrons. The summed E-state index contributed by atoms with van der Waals surface area (Å²) in [5, 5.41) is 14.1. The first-order valence-corrected chi connectivity index (χ1v) is 7.90. The van der Waals surface area contributed by atoms with E-state index in [0.29, 0.717) is 11.4 Å². The number of benzene rings is 2. The highest BCUT2D eigenvalue weighted by atomic mass is 35.5. The Morgan fingerprint density at radius 1 is 1.22 bits per heavy atom. The van der Waals surface area contributed by atoms with E-state index in [1.165, 1.54) is 0 Å². The number of aliphatic imine (C=N–C) groups is 1. The molecule has 2 aromatic carbocycles. The fourth-order valence-corrected chi connectivity index (χ4v) is 3.03. The zero-order chi connectivity index (χ0) is 16.4. The minimum absolute atomic E-state index is 0.0294. The largest absolute Gasteiger partial charge is 0.508 e. The Labute approximate surface area is 140 Å². The fraction of sp³-hybridized carbons (Fsp3) is 0.278. The Balaban J connectivity index is 1.89. The van der Waals surface area contributed by atoms with E-state index in [0.717, 1.165) is 22.6 Å². The second kappa shape index (κ2) is 6.60. The molecule has 0 fully saturated rings. The lowest BCUT2D eigenvalue weighted by atomic mass is 9.94. The molecule has 1 aliphatic rings. The first kappa shape index (κ1) is 15.8. The number of phenols is 1. The number of methoxy groups -OCH3 is 1. The van der Waals surface area contributed by atoms with Crippen LogP contribution in [0.5, 0.6) is 11.5 Å². The lowest BCUT2D eigenvalue weighted by Gasteiger charge is -2.29. The van der Waals surface area contributed by atoms with Crippen molar-refractivity contribution in [1.29, 1.82) is 0 Å². The van der Waals surface area contributed by atoms with Gasteiger partial charge in [0.05, 0.1) is 13.3 Å². The summed E-state index contributed by atoms with van der Waals surface area (Å²) >= 11 is 6.08. The van der Waals surface area contributed by atoms with Crippen LogP contribution in [0.2, 0.25) is 5.02 Å². The van der Waals surface area contributed by atoms with E-state index in [1.807, 2.05) is 31.2 Å². The summed E-state index contributed by atoms with van der Waals surface area (Å²) < 4.78 is 5.20. The number of halogens is 1. The summed E-state index contributed by atoms with van der Waals surface area (Å²) in [4.78, 5) is 4.69. The standard InChI is InChI=1S/C18H19ClN2O2/c1-11-20-16(12-3-6-14(23-2)7-4-12)10-17(21-11)15-9-13(19)5-8-18(15)22/h3-9,11,17,21-22H,10H2,1-2H3. The van der Waals surface area contributed by atoms with E-state index in [2.05, 4.69) is 10.3 Å². The van der Waals surface area contributed by atoms with E-state index in [9.17, 15) is 5.11 Å². The molecule has 4 nitrogen and oxygen atoms in total. The van der Waals surface area contributed by atoms with Crippen molar-refractivity contribution < 1.29 is 9.84 Å². The van der Waals surface area contributed by atoms with Crippen molar-refractivity contribution in [2.24, 2.45) is 4.99 Å². The van der Waals surface area contributed by atoms with Crippen LogP contribution < -0.4 is 10.1 Å². The molecule has 2 aromatic rings. The molecular weight excluding hydrogens is 312 g/mol. The summed E-state index contributed by atoms with van der Waals surface area (Å²) in [5.74, 6) is 1.07. The summed E-state index contributed by atoms with van der Waals surface area (Å²) in [6.45, 7) is 2.00. The van der Waals surface area contributed by atoms with E-state index >= 15 is 0 Å². The zero-order valence-electron chi connectivity index (χ0n) is 13.1. The lowest BCUT2D eigenvalue weighted by molar-refractivity contribution is 0.414. The van der Waals surface area contributed by atoms with Crippen LogP contribution in [0.3, 0.4) is 0 Å². The highest BCUT2D eigenvalue weighted by Gasteiger charge is 2.25. The molecule has 0 radical (unpaired) electrons. The second-order valence-corrected chi connectivity index (χ2v) is 6.04. The van der Waals surface area contributed by atoms with Gasteiger partial charge in [-0.1, -0.05) is 11.6 Å². The second-order valence-electron chi connectivity index (χ2n) is 5.61. The van der Waals surface area contributed by atoms with Crippen LogP contribution in [0.4, 0.5) is 0 Å². The van der Waals surface area contributed by atoms with Gasteiger partial charge in [-0.2, -0.15) is 0 Å². The van der Waals surface area contributed by atoms with Gasteiger partial charge in [-0.25, -0.2) is 0 Å². The molecule has 5 heteroatoms. The molecule has 1 heterocycles. The van der Waals surface area contributed by atoms with Crippen molar-refractivity contribution in [3.8, 4) is 11.5 Å². The molecule has 0 aromatic heterocycles. The lowest BCUT2D eigenvalue weighted by Crippen LogP contribution is -2.36. The third-order valence-corrected chi connectivity index (χ3v) is 4.21. The molecular formula is C18H19ClN2O2. The molecule has 0 aliphatic carbocycles. The van der Waals surface area contributed by atoms with Crippen molar-refractivity contribution in [2.45, 2.75) is 25.6 Å². The Bertz CT molecular complexity index is 728. The average molecular weight is 331 g/mol. The predicted molar refractivity (Wildman–Crippen MR) is 92.6 cm³/mol. The van der Waals surface area contributed by atoms with Crippen LogP contribution in [-0.4, -0.2) is 24.1 Å². The molecule has 0 bridgehead atoms. The van der Waals surface area contributed by atoms with E-state index in [4.69, 9.17) is 16.3 Å². The van der Waals surface area contributed by atoms with Crippen molar-refractivity contribution in [3.05, 3.63) is 58.6 Å². The first-order chi connectivity index (χ1) is 11.1. The monoisotopic (exact) mass is 330 g/mol. The van der Waals surface area contributed by atoms with Crippen LogP contribution in [0.25, 0.3) is 0 Å². The van der Waals surface area contributed by atoms with Gasteiger partial charge in [-0.05, 0) is 55.0 Å². The smallest absolute Gasteiger partial charge is 0.120 e. The number of ether oxygens (including phenoxy) is 1. The van der Waals surface area contributed by atoms with Gasteiger partial charge in [-0.3, -0.25) is 10.3 Å². The minimum atomic E-state index is -0.0377. The van der Waals surface area contributed by atoms with Gasteiger partial charge in [0.2, 0.25) is 0 Å². The Morgan fingerprint density at radius 2 is 1.96 bits per heavy atom. The van der Waals surface area contributed by atoms with Crippen molar-refractivity contribution in [1.82, 2.24) is 5.32 Å². The molecule has 2 N–H and O–H groups in total. The van der Waals surface area contributed by atoms with Crippen LogP contribution in [-0.2, 0) is 0 Å². The van der Waals surface area contributed by atoms with E-state index in [1.54, 1.807) is 25.3 Å². The molecule has 23 heavy (non-hydrogen) atoms. The first-order valence-electron chi connectivity index (χ1n) is 7.52. The Morgan fingerprint density at radius 3 is 2.65 bits per heavy atom. The zero-order valence-corrected chi connectivity index (χ0v) is 13.8. The van der Waals surface area contributed by atoms with Crippen molar-refractivity contribution in [3.63, 3.8) is 0 Å². The molecule has 2 unspecified atom stereocenters. The van der Waals surface area contributed by atoms with Crippen molar-refractivity contribution >= 4 is 17.3 Å². The molecule has 1 aliphatic heterocycles. The third kappa shape index (κ3) is 3.49. The number of rotatable bonds is 3. The number of hydrogen-bond acceptors (Lipinski definition) is 4. The minimum Gasteiger partial charge on any atom is -0.508 e. The SMILES string of the molecule is COc1ccc(C2=NC(C)NC(c3cc(Cl)ccc3O)C2)cc1. The molecule has 0 spiro atoms. The maximum atomic E-state index is 10.1. The maximum absolute atomic E-state index is 10.1. The van der Waals surface area contributed by atoms with Gasteiger partial charge < -0.3 is 9.84 Å². The number of nitrogens with zero attached hydrogens (tertiary/aromatic N) is 1. The molecule has 2 atom stereocenters. The number of nitrogens with one attached hydrogen (secondary N) is 1. The summed E-state index contributed by atoms with van der Waals surface area (Å²) in [7, 11) is 1.65. The number of phenolic OH excluding ortho intramolecular Hbond substituents is 1. The van der Waals surface area contributed by atoms with Gasteiger partial charge in [-0.15, -0.1) is 0 Å². The van der Waals surface area contributed by atoms with Gasteiger partial charge in [0, 0.05) is 28.8 Å². The maximum Gasteiger partial charge on any atom is 0.120 e. The third-order valence-electron chi connectivity index (χ3n) is 3.98. The Kier molecular flexibility index (Phi) is 4.55. The Hall–Kier alpha value is -2.04. The topological polar surface area (TPSA) is 53.8 Å². The van der Waals surface area contributed by atoms with Crippen LogP contribution in [0.15, 0.2) is 47.5 Å². The van der Waals surface area contributed by atoms with E-state index in [-0.39, 0.29) is 18.0 Å². The summed E-state index contributed by atoms with van der Waals surface area (Å²) in [6, 6.07) is 13.0. The highest BCUT2D eigenvalue weighted by Crippen LogP contribution is 2.32. The molecule has 0 saturated heterocycles. The normalized spacial score (nSPS) is 20.9. The molecule has 3 rings (SSSR count). The van der Waals surface area contributed by atoms with Crippen LogP contribution in [0.1, 0.15) is 30.5 Å². The average Bonchev–Trinajstić information content (AvgIpc) is 2.56. The summed E-state index contributed by atoms with van der Waals surface area (Å²) in [6.07, 6.45) is 0.647.